The molecule has 1 aromatic heterocycles. The Balaban J connectivity index is 2.64. The molecule has 0 aliphatic heterocycles. The van der Waals surface area contributed by atoms with Gasteiger partial charge in [-0.2, -0.15) is 5.10 Å². The van der Waals surface area contributed by atoms with Crippen LogP contribution in [0.2, 0.25) is 0 Å². The Kier molecular flexibility index (Phi) is 3.47. The molecule has 0 saturated carbocycles. The van der Waals surface area contributed by atoms with Crippen molar-refractivity contribution in [2.45, 2.75) is 31.3 Å². The quantitative estimate of drug-likeness (QED) is 0.729. The fourth-order valence-electron chi connectivity index (χ4n) is 0.993. The van der Waals surface area contributed by atoms with Crippen molar-refractivity contribution < 1.29 is 0 Å². The number of aryl methyl sites for hydroxylation is 1. The second-order valence-corrected chi connectivity index (χ2v) is 3.51. The van der Waals surface area contributed by atoms with E-state index in [0.29, 0.717) is 0 Å². The lowest BCUT2D eigenvalue weighted by atomic mass is 10.3. The SMILES string of the molecule is CCCCn1nc(SC)cc1N. The molecule has 0 aromatic carbocycles. The third-order valence-electron chi connectivity index (χ3n) is 1.72. The average Bonchev–Trinajstić information content (AvgIpc) is 2.43. The first-order valence-corrected chi connectivity index (χ1v) is 5.37. The molecule has 4 heteroatoms. The molecule has 2 N–H and O–H groups in total. The van der Waals surface area contributed by atoms with Crippen molar-refractivity contribution in [1.29, 1.82) is 0 Å². The van der Waals surface area contributed by atoms with Crippen LogP contribution in [0.1, 0.15) is 19.8 Å². The summed E-state index contributed by atoms with van der Waals surface area (Å²) in [7, 11) is 0. The van der Waals surface area contributed by atoms with E-state index in [9.17, 15) is 0 Å². The highest BCUT2D eigenvalue weighted by molar-refractivity contribution is 7.98. The van der Waals surface area contributed by atoms with Crippen molar-refractivity contribution >= 4 is 17.6 Å². The largest absolute Gasteiger partial charge is 0.384 e. The molecule has 0 spiro atoms. The minimum absolute atomic E-state index is 0.771. The summed E-state index contributed by atoms with van der Waals surface area (Å²) in [4.78, 5) is 0. The highest BCUT2D eigenvalue weighted by atomic mass is 32.2. The molecular weight excluding hydrogens is 170 g/mol. The maximum atomic E-state index is 5.74. The zero-order valence-corrected chi connectivity index (χ0v) is 8.40. The van der Waals surface area contributed by atoms with E-state index in [1.165, 1.54) is 6.42 Å². The highest BCUT2D eigenvalue weighted by Crippen LogP contribution is 2.16. The van der Waals surface area contributed by atoms with E-state index in [1.54, 1.807) is 11.8 Å². The Morgan fingerprint density at radius 2 is 2.42 bits per heavy atom. The van der Waals surface area contributed by atoms with Crippen LogP contribution in [0.25, 0.3) is 0 Å². The van der Waals surface area contributed by atoms with Crippen molar-refractivity contribution in [2.75, 3.05) is 12.0 Å². The molecule has 0 atom stereocenters. The van der Waals surface area contributed by atoms with E-state index in [0.717, 1.165) is 23.8 Å². The summed E-state index contributed by atoms with van der Waals surface area (Å²) >= 11 is 1.63. The normalized spacial score (nSPS) is 10.5. The number of hydrogen-bond donors (Lipinski definition) is 1. The molecule has 0 amide bonds. The van der Waals surface area contributed by atoms with Crippen molar-refractivity contribution in [1.82, 2.24) is 9.78 Å². The number of aromatic nitrogens is 2. The van der Waals surface area contributed by atoms with Gasteiger partial charge in [0.25, 0.3) is 0 Å². The van der Waals surface area contributed by atoms with Crippen LogP contribution in [-0.2, 0) is 6.54 Å². The van der Waals surface area contributed by atoms with Crippen LogP contribution in [-0.4, -0.2) is 16.0 Å². The number of unbranched alkanes of at least 4 members (excludes halogenated alkanes) is 1. The molecule has 0 bridgehead atoms. The van der Waals surface area contributed by atoms with Gasteiger partial charge in [-0.05, 0) is 12.7 Å². The zero-order valence-electron chi connectivity index (χ0n) is 7.58. The van der Waals surface area contributed by atoms with E-state index in [-0.39, 0.29) is 0 Å². The zero-order chi connectivity index (χ0) is 8.97. The van der Waals surface area contributed by atoms with Gasteiger partial charge in [0.15, 0.2) is 0 Å². The Bertz CT molecular complexity index is 244. The summed E-state index contributed by atoms with van der Waals surface area (Å²) in [6, 6.07) is 1.92. The van der Waals surface area contributed by atoms with Gasteiger partial charge in [-0.15, -0.1) is 11.8 Å². The number of thioether (sulfide) groups is 1. The van der Waals surface area contributed by atoms with Gasteiger partial charge < -0.3 is 5.73 Å². The van der Waals surface area contributed by atoms with E-state index in [2.05, 4.69) is 12.0 Å². The summed E-state index contributed by atoms with van der Waals surface area (Å²) in [5.74, 6) is 0.771. The Hall–Kier alpha value is -0.640. The summed E-state index contributed by atoms with van der Waals surface area (Å²) in [5.41, 5.74) is 5.74. The van der Waals surface area contributed by atoms with E-state index in [4.69, 9.17) is 5.73 Å². The first kappa shape index (κ1) is 9.45. The first-order valence-electron chi connectivity index (χ1n) is 4.15. The fraction of sp³-hybridized carbons (Fsp3) is 0.625. The predicted molar refractivity (Wildman–Crippen MR) is 53.3 cm³/mol. The van der Waals surface area contributed by atoms with Gasteiger partial charge in [-0.25, -0.2) is 4.68 Å². The Labute approximate surface area is 77.3 Å². The summed E-state index contributed by atoms with van der Waals surface area (Å²) in [5, 5.41) is 5.32. The lowest BCUT2D eigenvalue weighted by molar-refractivity contribution is 0.568. The van der Waals surface area contributed by atoms with Gasteiger partial charge in [0, 0.05) is 12.6 Å². The molecule has 1 rings (SSSR count). The van der Waals surface area contributed by atoms with Gasteiger partial charge in [0.2, 0.25) is 0 Å². The molecule has 0 unspecified atom stereocenters. The highest BCUT2D eigenvalue weighted by Gasteiger charge is 2.01. The minimum atomic E-state index is 0.771. The fourth-order valence-corrected chi connectivity index (χ4v) is 1.41. The van der Waals surface area contributed by atoms with Crippen LogP contribution >= 0.6 is 11.8 Å². The molecule has 0 radical (unpaired) electrons. The number of nitrogen functional groups attached to an aromatic ring is 1. The molecule has 0 aliphatic rings. The van der Waals surface area contributed by atoms with E-state index in [1.807, 2.05) is 17.0 Å². The molecular formula is C8H15N3S. The molecule has 68 valence electrons. The van der Waals surface area contributed by atoms with Crippen molar-refractivity contribution in [3.63, 3.8) is 0 Å². The molecule has 3 nitrogen and oxygen atoms in total. The second kappa shape index (κ2) is 4.40. The second-order valence-electron chi connectivity index (χ2n) is 2.69. The molecule has 12 heavy (non-hydrogen) atoms. The molecule has 0 aliphatic carbocycles. The van der Waals surface area contributed by atoms with Crippen LogP contribution in [0.5, 0.6) is 0 Å². The average molecular weight is 185 g/mol. The summed E-state index contributed by atoms with van der Waals surface area (Å²) in [6.07, 6.45) is 4.32. The predicted octanol–water partition coefficient (Wildman–Crippen LogP) is 1.99. The smallest absolute Gasteiger partial charge is 0.122 e. The molecule has 0 saturated heterocycles. The van der Waals surface area contributed by atoms with Crippen molar-refractivity contribution in [3.05, 3.63) is 6.07 Å². The Morgan fingerprint density at radius 3 is 2.92 bits per heavy atom. The number of rotatable bonds is 4. The topological polar surface area (TPSA) is 43.8 Å². The first-order chi connectivity index (χ1) is 5.77. The summed E-state index contributed by atoms with van der Waals surface area (Å²) in [6.45, 7) is 3.10. The van der Waals surface area contributed by atoms with Gasteiger partial charge in [0.1, 0.15) is 10.8 Å². The van der Waals surface area contributed by atoms with Crippen LogP contribution in [0.15, 0.2) is 11.1 Å². The minimum Gasteiger partial charge on any atom is -0.384 e. The lowest BCUT2D eigenvalue weighted by Gasteiger charge is -2.00. The van der Waals surface area contributed by atoms with Gasteiger partial charge in [-0.3, -0.25) is 0 Å². The van der Waals surface area contributed by atoms with Gasteiger partial charge in [-0.1, -0.05) is 13.3 Å². The number of nitrogens with zero attached hydrogens (tertiary/aromatic N) is 2. The van der Waals surface area contributed by atoms with Crippen LogP contribution < -0.4 is 5.73 Å². The molecule has 1 heterocycles. The van der Waals surface area contributed by atoms with Crippen LogP contribution in [0.3, 0.4) is 0 Å². The Morgan fingerprint density at radius 1 is 1.67 bits per heavy atom. The molecule has 0 fully saturated rings. The maximum Gasteiger partial charge on any atom is 0.122 e. The third kappa shape index (κ3) is 2.17. The van der Waals surface area contributed by atoms with Crippen LogP contribution in [0.4, 0.5) is 5.82 Å². The summed E-state index contributed by atoms with van der Waals surface area (Å²) < 4.78 is 1.87. The number of anilines is 1. The number of hydrogen-bond acceptors (Lipinski definition) is 3. The van der Waals surface area contributed by atoms with Gasteiger partial charge >= 0.3 is 0 Å². The van der Waals surface area contributed by atoms with Crippen LogP contribution in [0, 0.1) is 0 Å². The third-order valence-corrected chi connectivity index (χ3v) is 2.34. The maximum absolute atomic E-state index is 5.74. The van der Waals surface area contributed by atoms with Crippen molar-refractivity contribution in [3.8, 4) is 0 Å². The van der Waals surface area contributed by atoms with Crippen molar-refractivity contribution in [2.24, 2.45) is 0 Å². The van der Waals surface area contributed by atoms with Gasteiger partial charge in [0.05, 0.1) is 0 Å². The molecule has 1 aromatic rings. The van der Waals surface area contributed by atoms with E-state index < -0.39 is 0 Å². The lowest BCUT2D eigenvalue weighted by Crippen LogP contribution is -2.04. The number of nitrogens with two attached hydrogens (primary N) is 1. The standard InChI is InChI=1S/C8H15N3S/c1-3-4-5-11-7(9)6-8(10-11)12-2/h6H,3-5,9H2,1-2H3. The monoisotopic (exact) mass is 185 g/mol. The van der Waals surface area contributed by atoms with E-state index >= 15 is 0 Å².